The minimum absolute atomic E-state index is 0. The van der Waals surface area contributed by atoms with E-state index in [9.17, 15) is 0 Å². The summed E-state index contributed by atoms with van der Waals surface area (Å²) >= 11 is 0. The van der Waals surface area contributed by atoms with Gasteiger partial charge in [0.1, 0.15) is 0 Å². The molecular formula is H8O13Pr2S3. The summed E-state index contributed by atoms with van der Waals surface area (Å²) in [5, 5.41) is 0. The first-order valence-corrected chi connectivity index (χ1v) is 6.29. The third-order valence-corrected chi connectivity index (χ3v) is 0. The van der Waals surface area contributed by atoms with Gasteiger partial charge in [0.15, 0.2) is 0 Å². The topological polar surface area (TPSA) is 255 Å². The third-order valence-electron chi connectivity index (χ3n) is 0. The maximum absolute atomic E-state index is 8.74. The van der Waals surface area contributed by atoms with E-state index in [0.29, 0.717) is 0 Å². The molecule has 8 N–H and O–H groups in total. The average Bonchev–Trinajstić information content (AvgIpc) is 1.41. The van der Waals surface area contributed by atoms with Gasteiger partial charge in [-0.25, -0.2) is 0 Å². The molecular weight excluding hydrogens is 586 g/mol. The van der Waals surface area contributed by atoms with E-state index in [4.69, 9.17) is 52.6 Å². The Morgan fingerprint density at radius 2 is 0.444 bits per heavy atom. The summed E-state index contributed by atoms with van der Waals surface area (Å²) < 4.78 is 94.8. The largest absolute Gasteiger partial charge is 0.412 e. The van der Waals surface area contributed by atoms with Gasteiger partial charge in [-0.3, -0.25) is 27.3 Å². The summed E-state index contributed by atoms with van der Waals surface area (Å²) in [5.41, 5.74) is 0. The van der Waals surface area contributed by atoms with Gasteiger partial charge < -0.3 is 5.48 Å². The fourth-order valence-electron chi connectivity index (χ4n) is 0. The van der Waals surface area contributed by atoms with Crippen molar-refractivity contribution < 1.29 is 141 Å². The molecule has 0 bridgehead atoms. The van der Waals surface area contributed by atoms with E-state index in [1.807, 2.05) is 0 Å². The van der Waals surface area contributed by atoms with E-state index in [-0.39, 0.29) is 88.1 Å². The minimum atomic E-state index is -4.67. The molecule has 0 fully saturated rings. The molecule has 18 heteroatoms. The second kappa shape index (κ2) is 15.7. The van der Waals surface area contributed by atoms with Crippen molar-refractivity contribution in [3.63, 3.8) is 0 Å². The van der Waals surface area contributed by atoms with Gasteiger partial charge in [0, 0.05) is 82.6 Å². The van der Waals surface area contributed by atoms with Crippen molar-refractivity contribution in [1.29, 1.82) is 0 Å². The number of rotatable bonds is 0. The molecule has 0 aliphatic rings. The Morgan fingerprint density at radius 1 is 0.444 bits per heavy atom. The zero-order valence-corrected chi connectivity index (χ0v) is 17.9. The zero-order chi connectivity index (χ0) is 13.5. The monoisotopic (exact) mass is 594 g/mol. The van der Waals surface area contributed by atoms with Crippen LogP contribution in [0.5, 0.6) is 0 Å². The van der Waals surface area contributed by atoms with Crippen LogP contribution in [0.15, 0.2) is 0 Å². The Kier molecular flexibility index (Phi) is 32.2. The van der Waals surface area contributed by atoms with Crippen LogP contribution in [0.3, 0.4) is 0 Å². The molecule has 0 aromatic heterocycles. The minimum Gasteiger partial charge on any atom is -0.412 e. The van der Waals surface area contributed by atoms with Gasteiger partial charge in [0.05, 0.1) is 0 Å². The molecule has 0 aliphatic heterocycles. The van der Waals surface area contributed by atoms with Gasteiger partial charge in [-0.15, -0.1) is 0 Å². The van der Waals surface area contributed by atoms with Crippen LogP contribution in [-0.4, -0.2) is 58.0 Å². The summed E-state index contributed by atoms with van der Waals surface area (Å²) in [7, 11) is -14.0. The molecule has 0 heterocycles. The van der Waals surface area contributed by atoms with Gasteiger partial charge in [0.25, 0.3) is 0 Å². The van der Waals surface area contributed by atoms with E-state index in [2.05, 4.69) is 0 Å². The molecule has 2 radical (unpaired) electrons. The fourth-order valence-corrected chi connectivity index (χ4v) is 0. The standard InChI is InChI=1S/3H2O4S.H2O.2Pr/c3*1-5(2,3)4;;;/h3*(H2,1,2,3,4);1H2;;. The van der Waals surface area contributed by atoms with E-state index >= 15 is 0 Å². The normalized spacial score (nSPS) is 9.67. The summed E-state index contributed by atoms with van der Waals surface area (Å²) in [6.07, 6.45) is 0. The number of hydrogen-bond acceptors (Lipinski definition) is 6. The molecule has 0 aromatic rings. The summed E-state index contributed by atoms with van der Waals surface area (Å²) in [6, 6.07) is 0. The molecule has 0 saturated carbocycles. The molecule has 0 unspecified atom stereocenters. The third kappa shape index (κ3) is 1040. The summed E-state index contributed by atoms with van der Waals surface area (Å²) in [6.45, 7) is 0. The van der Waals surface area contributed by atoms with Gasteiger partial charge in [-0.1, -0.05) is 0 Å². The molecule has 0 spiro atoms. The predicted octanol–water partition coefficient (Wildman–Crippen LogP) is -2.78. The van der Waals surface area contributed by atoms with Crippen molar-refractivity contribution in [2.45, 2.75) is 0 Å². The second-order valence-electron chi connectivity index (χ2n) is 1.34. The fraction of sp³-hybridized carbons (Fsp3) is 0. The van der Waals surface area contributed by atoms with Crippen molar-refractivity contribution in [1.82, 2.24) is 0 Å². The Labute approximate surface area is 169 Å². The number of hydrogen-bond donors (Lipinski definition) is 6. The van der Waals surface area contributed by atoms with Crippen LogP contribution in [0.2, 0.25) is 0 Å². The second-order valence-corrected chi connectivity index (χ2v) is 4.03. The van der Waals surface area contributed by atoms with Gasteiger partial charge in [0.2, 0.25) is 0 Å². The van der Waals surface area contributed by atoms with Crippen LogP contribution in [0, 0.1) is 82.6 Å². The Morgan fingerprint density at radius 3 is 0.444 bits per heavy atom. The first-order chi connectivity index (χ1) is 6.00. The molecule has 110 valence electrons. The van der Waals surface area contributed by atoms with E-state index in [0.717, 1.165) is 0 Å². The molecule has 0 amide bonds. The molecule has 0 aromatic carbocycles. The van der Waals surface area contributed by atoms with Crippen LogP contribution in [0.1, 0.15) is 0 Å². The predicted molar refractivity (Wildman–Crippen MR) is 46.1 cm³/mol. The smallest absolute Gasteiger partial charge is 0.394 e. The summed E-state index contributed by atoms with van der Waals surface area (Å²) in [4.78, 5) is 0. The molecule has 0 atom stereocenters. The van der Waals surface area contributed by atoms with Gasteiger partial charge >= 0.3 is 31.2 Å². The van der Waals surface area contributed by atoms with E-state index in [1.165, 1.54) is 0 Å². The van der Waals surface area contributed by atoms with E-state index < -0.39 is 31.2 Å². The summed E-state index contributed by atoms with van der Waals surface area (Å²) in [5.74, 6) is 0. The SMILES string of the molecule is O.O=S(=O)(O)O.O=S(=O)(O)O.O=S(=O)(O)O.[Pr].[Pr]. The molecule has 18 heavy (non-hydrogen) atoms. The Bertz CT molecular complexity index is 341. The van der Waals surface area contributed by atoms with Crippen molar-refractivity contribution >= 4 is 31.2 Å². The van der Waals surface area contributed by atoms with Crippen LogP contribution in [0.4, 0.5) is 0 Å². The molecule has 0 aliphatic carbocycles. The van der Waals surface area contributed by atoms with Crippen LogP contribution < -0.4 is 0 Å². The molecule has 0 rings (SSSR count). The first kappa shape index (κ1) is 37.0. The average molecular weight is 594 g/mol. The zero-order valence-electron chi connectivity index (χ0n) is 8.01. The maximum Gasteiger partial charge on any atom is 0.394 e. The van der Waals surface area contributed by atoms with Crippen LogP contribution >= 0.6 is 0 Å². The molecule has 13 nitrogen and oxygen atoms in total. The Hall–Kier alpha value is 2.30. The Balaban J connectivity index is -0.0000000277. The van der Waals surface area contributed by atoms with Crippen molar-refractivity contribution in [2.24, 2.45) is 0 Å². The first-order valence-electron chi connectivity index (χ1n) is 2.10. The van der Waals surface area contributed by atoms with E-state index in [1.54, 1.807) is 0 Å². The van der Waals surface area contributed by atoms with Gasteiger partial charge in [-0.05, 0) is 0 Å². The van der Waals surface area contributed by atoms with Crippen molar-refractivity contribution in [2.75, 3.05) is 0 Å². The van der Waals surface area contributed by atoms with Crippen LogP contribution in [0.25, 0.3) is 0 Å². The molecule has 0 saturated heterocycles. The quantitative estimate of drug-likeness (QED) is 0.156. The van der Waals surface area contributed by atoms with Crippen molar-refractivity contribution in [3.8, 4) is 0 Å². The van der Waals surface area contributed by atoms with Crippen molar-refractivity contribution in [3.05, 3.63) is 0 Å². The van der Waals surface area contributed by atoms with Crippen LogP contribution in [-0.2, 0) is 31.2 Å². The van der Waals surface area contributed by atoms with Gasteiger partial charge in [-0.2, -0.15) is 25.3 Å². The maximum atomic E-state index is 8.74.